The van der Waals surface area contributed by atoms with Crippen LogP contribution in [0.25, 0.3) is 11.0 Å². The molecule has 1 aliphatic heterocycles. The van der Waals surface area contributed by atoms with Crippen molar-refractivity contribution in [3.8, 4) is 5.75 Å². The minimum Gasteiger partial charge on any atom is -0.497 e. The maximum absolute atomic E-state index is 12.9. The van der Waals surface area contributed by atoms with Gasteiger partial charge in [0.15, 0.2) is 5.76 Å². The molecule has 6 nitrogen and oxygen atoms in total. The molecule has 2 aromatic heterocycles. The molecule has 0 aliphatic carbocycles. The number of amides is 1. The summed E-state index contributed by atoms with van der Waals surface area (Å²) in [6.07, 6.45) is -2.04. The van der Waals surface area contributed by atoms with Gasteiger partial charge in [0.1, 0.15) is 17.2 Å². The van der Waals surface area contributed by atoms with Crippen molar-refractivity contribution in [1.29, 1.82) is 0 Å². The molecule has 1 aromatic carbocycles. The number of aryl methyl sites for hydroxylation is 1. The van der Waals surface area contributed by atoms with Crippen LogP contribution in [0.4, 0.5) is 19.0 Å². The summed E-state index contributed by atoms with van der Waals surface area (Å²) in [6.45, 7) is 2.94. The maximum Gasteiger partial charge on any atom is 0.417 e. The first-order chi connectivity index (χ1) is 14.8. The molecule has 1 aliphatic rings. The predicted molar refractivity (Wildman–Crippen MR) is 109 cm³/mol. The van der Waals surface area contributed by atoms with Crippen LogP contribution in [0.5, 0.6) is 5.75 Å². The zero-order valence-electron chi connectivity index (χ0n) is 17.1. The number of piperidine rings is 1. The van der Waals surface area contributed by atoms with E-state index in [2.05, 4.69) is 10.3 Å². The summed E-state index contributed by atoms with van der Waals surface area (Å²) in [4.78, 5) is 18.7. The van der Waals surface area contributed by atoms with Crippen LogP contribution < -0.4 is 15.0 Å². The Balaban J connectivity index is 1.46. The zero-order valence-corrected chi connectivity index (χ0v) is 17.1. The average molecular weight is 433 g/mol. The Kier molecular flexibility index (Phi) is 5.51. The number of nitrogens with zero attached hydrogens (tertiary/aromatic N) is 2. The minimum atomic E-state index is -4.42. The first-order valence-electron chi connectivity index (χ1n) is 9.92. The maximum atomic E-state index is 12.9. The second-order valence-corrected chi connectivity index (χ2v) is 7.58. The van der Waals surface area contributed by atoms with Crippen molar-refractivity contribution in [2.24, 2.45) is 0 Å². The summed E-state index contributed by atoms with van der Waals surface area (Å²) >= 11 is 0. The van der Waals surface area contributed by atoms with Crippen LogP contribution in [0.2, 0.25) is 0 Å². The van der Waals surface area contributed by atoms with E-state index in [1.54, 1.807) is 13.2 Å². The van der Waals surface area contributed by atoms with Crippen molar-refractivity contribution in [2.45, 2.75) is 32.0 Å². The van der Waals surface area contributed by atoms with Gasteiger partial charge in [-0.2, -0.15) is 13.2 Å². The third-order valence-electron chi connectivity index (χ3n) is 5.51. The van der Waals surface area contributed by atoms with E-state index in [1.807, 2.05) is 24.0 Å². The molecule has 3 aromatic rings. The van der Waals surface area contributed by atoms with E-state index >= 15 is 0 Å². The van der Waals surface area contributed by atoms with Crippen LogP contribution >= 0.6 is 0 Å². The predicted octanol–water partition coefficient (Wildman–Crippen LogP) is 4.56. The van der Waals surface area contributed by atoms with E-state index in [-0.39, 0.29) is 17.7 Å². The Labute approximate surface area is 177 Å². The van der Waals surface area contributed by atoms with Gasteiger partial charge in [-0.25, -0.2) is 4.98 Å². The first-order valence-corrected chi connectivity index (χ1v) is 9.92. The second-order valence-electron chi connectivity index (χ2n) is 7.58. The number of halogens is 3. The van der Waals surface area contributed by atoms with Gasteiger partial charge in [-0.1, -0.05) is 0 Å². The molecule has 1 atom stereocenters. The SMILES string of the molecule is COc1ccc2c(C)c(C(=O)NC3CCCN(c4ccc(C(F)(F)F)cn4)C3)oc2c1. The fourth-order valence-electron chi connectivity index (χ4n) is 3.84. The standard InChI is InChI=1S/C22H22F3N3O3/c1-13-17-7-6-16(30-2)10-18(17)31-20(13)21(29)27-15-4-3-9-28(12-15)19-8-5-14(11-26-19)22(23,24)25/h5-8,10-11,15H,3-4,9,12H2,1-2H3,(H,27,29). The normalized spacial score (nSPS) is 17.1. The number of carbonyl (C=O) groups is 1. The lowest BCUT2D eigenvalue weighted by atomic mass is 10.0. The monoisotopic (exact) mass is 433 g/mol. The van der Waals surface area contributed by atoms with Crippen LogP contribution in [0, 0.1) is 6.92 Å². The molecule has 0 bridgehead atoms. The average Bonchev–Trinajstić information content (AvgIpc) is 3.09. The van der Waals surface area contributed by atoms with Gasteiger partial charge in [0.2, 0.25) is 0 Å². The summed E-state index contributed by atoms with van der Waals surface area (Å²) in [5, 5.41) is 3.83. The molecule has 1 saturated heterocycles. The van der Waals surface area contributed by atoms with Crippen molar-refractivity contribution in [3.63, 3.8) is 0 Å². The van der Waals surface area contributed by atoms with Gasteiger partial charge >= 0.3 is 6.18 Å². The first kappa shape index (κ1) is 21.0. The number of furan rings is 1. The largest absolute Gasteiger partial charge is 0.497 e. The number of methoxy groups -OCH3 is 1. The minimum absolute atomic E-state index is 0.174. The molecule has 4 rings (SSSR count). The Morgan fingerprint density at radius 2 is 2.10 bits per heavy atom. The summed E-state index contributed by atoms with van der Waals surface area (Å²) < 4.78 is 49.3. The lowest BCUT2D eigenvalue weighted by Crippen LogP contribution is -2.48. The molecule has 9 heteroatoms. The summed E-state index contributed by atoms with van der Waals surface area (Å²) in [5.74, 6) is 1.02. The number of benzene rings is 1. The van der Waals surface area contributed by atoms with Crippen molar-refractivity contribution < 1.29 is 27.1 Å². The number of aromatic nitrogens is 1. The number of pyridine rings is 1. The number of hydrogen-bond donors (Lipinski definition) is 1. The number of rotatable bonds is 4. The molecule has 0 radical (unpaired) electrons. The van der Waals surface area contributed by atoms with E-state index in [0.29, 0.717) is 30.2 Å². The van der Waals surface area contributed by atoms with Gasteiger partial charge in [-0.3, -0.25) is 4.79 Å². The Morgan fingerprint density at radius 3 is 2.77 bits per heavy atom. The Hall–Kier alpha value is -3.23. The molecule has 31 heavy (non-hydrogen) atoms. The molecular weight excluding hydrogens is 411 g/mol. The summed E-state index contributed by atoms with van der Waals surface area (Å²) in [5.41, 5.74) is 0.531. The fourth-order valence-corrected chi connectivity index (χ4v) is 3.84. The number of ether oxygens (including phenoxy) is 1. The van der Waals surface area contributed by atoms with E-state index in [0.717, 1.165) is 36.1 Å². The summed E-state index contributed by atoms with van der Waals surface area (Å²) in [6, 6.07) is 7.61. The van der Waals surface area contributed by atoms with Crippen molar-refractivity contribution in [2.75, 3.05) is 25.1 Å². The number of anilines is 1. The Morgan fingerprint density at radius 1 is 1.29 bits per heavy atom. The smallest absolute Gasteiger partial charge is 0.417 e. The lowest BCUT2D eigenvalue weighted by Gasteiger charge is -2.34. The van der Waals surface area contributed by atoms with Crippen LogP contribution in [-0.2, 0) is 6.18 Å². The number of alkyl halides is 3. The number of nitrogens with one attached hydrogen (secondary N) is 1. The van der Waals surface area contributed by atoms with Gasteiger partial charge < -0.3 is 19.4 Å². The van der Waals surface area contributed by atoms with E-state index in [9.17, 15) is 18.0 Å². The highest BCUT2D eigenvalue weighted by atomic mass is 19.4. The van der Waals surface area contributed by atoms with Crippen LogP contribution in [-0.4, -0.2) is 37.1 Å². The number of hydrogen-bond acceptors (Lipinski definition) is 5. The van der Waals surface area contributed by atoms with Gasteiger partial charge in [0.05, 0.1) is 12.7 Å². The number of carbonyl (C=O) groups excluding carboxylic acids is 1. The van der Waals surface area contributed by atoms with Crippen molar-refractivity contribution in [3.05, 3.63) is 53.4 Å². The Bertz CT molecular complexity index is 1090. The summed E-state index contributed by atoms with van der Waals surface area (Å²) in [7, 11) is 1.56. The van der Waals surface area contributed by atoms with E-state index in [1.165, 1.54) is 6.07 Å². The van der Waals surface area contributed by atoms with Gasteiger partial charge in [-0.15, -0.1) is 0 Å². The zero-order chi connectivity index (χ0) is 22.2. The molecule has 1 amide bonds. The molecule has 0 spiro atoms. The molecule has 164 valence electrons. The van der Waals surface area contributed by atoms with Crippen LogP contribution in [0.3, 0.4) is 0 Å². The lowest BCUT2D eigenvalue weighted by molar-refractivity contribution is -0.137. The fraction of sp³-hybridized carbons (Fsp3) is 0.364. The van der Waals surface area contributed by atoms with Crippen molar-refractivity contribution in [1.82, 2.24) is 10.3 Å². The van der Waals surface area contributed by atoms with E-state index < -0.39 is 11.7 Å². The molecule has 3 heterocycles. The number of fused-ring (bicyclic) bond motifs is 1. The highest BCUT2D eigenvalue weighted by molar-refractivity contribution is 5.99. The molecule has 1 unspecified atom stereocenters. The molecule has 0 saturated carbocycles. The molecule has 1 N–H and O–H groups in total. The third-order valence-corrected chi connectivity index (χ3v) is 5.51. The van der Waals surface area contributed by atoms with Gasteiger partial charge in [0.25, 0.3) is 5.91 Å². The van der Waals surface area contributed by atoms with E-state index in [4.69, 9.17) is 9.15 Å². The topological polar surface area (TPSA) is 67.6 Å². The third kappa shape index (κ3) is 4.30. The van der Waals surface area contributed by atoms with Crippen LogP contribution in [0.1, 0.15) is 34.5 Å². The second kappa shape index (κ2) is 8.13. The quantitative estimate of drug-likeness (QED) is 0.653. The van der Waals surface area contributed by atoms with Gasteiger partial charge in [0, 0.05) is 42.3 Å². The van der Waals surface area contributed by atoms with Crippen LogP contribution in [0.15, 0.2) is 40.9 Å². The van der Waals surface area contributed by atoms with Gasteiger partial charge in [-0.05, 0) is 44.0 Å². The highest BCUT2D eigenvalue weighted by Crippen LogP contribution is 2.31. The highest BCUT2D eigenvalue weighted by Gasteiger charge is 2.31. The molecular formula is C22H22F3N3O3. The van der Waals surface area contributed by atoms with Crippen molar-refractivity contribution >= 4 is 22.7 Å². The molecule has 1 fully saturated rings.